The molecule has 0 aliphatic carbocycles. The van der Waals surface area contributed by atoms with E-state index in [0.717, 1.165) is 12.0 Å². The van der Waals surface area contributed by atoms with E-state index in [2.05, 4.69) is 5.32 Å². The Morgan fingerprint density at radius 2 is 1.44 bits per heavy atom. The second-order valence-electron chi connectivity index (χ2n) is 8.69. The van der Waals surface area contributed by atoms with Gasteiger partial charge in [-0.2, -0.15) is 0 Å². The monoisotopic (exact) mass is 564 g/mol. The van der Waals surface area contributed by atoms with Crippen molar-refractivity contribution in [3.05, 3.63) is 104 Å². The van der Waals surface area contributed by atoms with Gasteiger partial charge in [0, 0.05) is 39.1 Å². The minimum Gasteiger partial charge on any atom is -0.352 e. The number of hydrogen-bond acceptors (Lipinski definition) is 2. The zero-order valence-corrected chi connectivity index (χ0v) is 23.1. The number of halogens is 4. The maximum atomic E-state index is 13.8. The summed E-state index contributed by atoms with van der Waals surface area (Å²) in [6.07, 6.45) is 1.11. The smallest absolute Gasteiger partial charge is 0.243 e. The number of carbonyl (C=O) groups excluding carboxylic acids is 2. The summed E-state index contributed by atoms with van der Waals surface area (Å²) in [7, 11) is 0. The Bertz CT molecular complexity index is 1200. The fraction of sp³-hybridized carbons (Fsp3) is 0.286. The Balaban J connectivity index is 2.02. The number of nitrogens with one attached hydrogen (secondary N) is 1. The highest BCUT2D eigenvalue weighted by atomic mass is 35.5. The number of carbonyl (C=O) groups is 2. The van der Waals surface area contributed by atoms with Gasteiger partial charge in [0.25, 0.3) is 0 Å². The van der Waals surface area contributed by atoms with Crippen molar-refractivity contribution in [1.82, 2.24) is 10.2 Å². The highest BCUT2D eigenvalue weighted by Gasteiger charge is 2.31. The third-order valence-electron chi connectivity index (χ3n) is 5.98. The molecule has 0 saturated carbocycles. The van der Waals surface area contributed by atoms with Gasteiger partial charge in [0.2, 0.25) is 11.8 Å². The van der Waals surface area contributed by atoms with Crippen molar-refractivity contribution in [3.8, 4) is 0 Å². The van der Waals surface area contributed by atoms with E-state index < -0.39 is 6.04 Å². The van der Waals surface area contributed by atoms with Crippen LogP contribution in [0.3, 0.4) is 0 Å². The fourth-order valence-corrected chi connectivity index (χ4v) is 4.70. The molecular weight excluding hydrogens is 538 g/mol. The summed E-state index contributed by atoms with van der Waals surface area (Å²) in [5, 5.41) is 4.83. The van der Waals surface area contributed by atoms with Crippen LogP contribution in [0.4, 0.5) is 0 Å². The highest BCUT2D eigenvalue weighted by molar-refractivity contribution is 6.35. The normalized spacial score (nSPS) is 12.6. The maximum Gasteiger partial charge on any atom is 0.243 e. The summed E-state index contributed by atoms with van der Waals surface area (Å²) in [5.74, 6) is -0.487. The predicted octanol–water partition coefficient (Wildman–Crippen LogP) is 7.40. The van der Waals surface area contributed by atoms with Gasteiger partial charge in [-0.3, -0.25) is 9.59 Å². The molecule has 0 unspecified atom stereocenters. The molecule has 0 aliphatic heterocycles. The van der Waals surface area contributed by atoms with Crippen molar-refractivity contribution < 1.29 is 9.59 Å². The van der Waals surface area contributed by atoms with E-state index in [1.54, 1.807) is 41.3 Å². The van der Waals surface area contributed by atoms with E-state index >= 15 is 0 Å². The van der Waals surface area contributed by atoms with Gasteiger partial charge in [-0.15, -0.1) is 0 Å². The SMILES string of the molecule is CC[C@@H](C)NC(=O)[C@H](Cc1ccccc1)N(Cc1ccc(Cl)cc1Cl)C(=O)Cc1ccc(Cl)cc1Cl. The van der Waals surface area contributed by atoms with E-state index in [-0.39, 0.29) is 30.8 Å². The molecule has 190 valence electrons. The summed E-state index contributed by atoms with van der Waals surface area (Å²) in [6.45, 7) is 4.06. The molecule has 3 aromatic carbocycles. The summed E-state index contributed by atoms with van der Waals surface area (Å²) < 4.78 is 0. The molecule has 8 heteroatoms. The van der Waals surface area contributed by atoms with Crippen molar-refractivity contribution in [2.24, 2.45) is 0 Å². The Morgan fingerprint density at radius 3 is 2.00 bits per heavy atom. The first kappa shape index (κ1) is 28.3. The van der Waals surface area contributed by atoms with E-state index in [1.165, 1.54) is 0 Å². The van der Waals surface area contributed by atoms with Crippen LogP contribution in [0.1, 0.15) is 37.0 Å². The molecule has 2 amide bonds. The van der Waals surface area contributed by atoms with Crippen molar-refractivity contribution >= 4 is 58.2 Å². The lowest BCUT2D eigenvalue weighted by atomic mass is 10.0. The molecule has 3 aromatic rings. The van der Waals surface area contributed by atoms with Crippen molar-refractivity contribution in [3.63, 3.8) is 0 Å². The molecular formula is C28H28Cl4N2O2. The first-order chi connectivity index (χ1) is 17.2. The van der Waals surface area contributed by atoms with Crippen LogP contribution in [0, 0.1) is 0 Å². The zero-order valence-electron chi connectivity index (χ0n) is 20.1. The summed E-state index contributed by atoms with van der Waals surface area (Å²) in [4.78, 5) is 28.9. The number of nitrogens with zero attached hydrogens (tertiary/aromatic N) is 1. The number of rotatable bonds is 10. The molecule has 2 atom stereocenters. The van der Waals surface area contributed by atoms with Crippen LogP contribution in [0.5, 0.6) is 0 Å². The van der Waals surface area contributed by atoms with Gasteiger partial charge in [-0.1, -0.05) is 95.8 Å². The van der Waals surface area contributed by atoms with Gasteiger partial charge in [-0.05, 0) is 54.3 Å². The standard InChI is InChI=1S/C28H28Cl4N2O2/c1-3-18(2)33-28(36)26(13-19-7-5-4-6-8-19)34(17-21-10-12-23(30)16-25(21)32)27(35)14-20-9-11-22(29)15-24(20)31/h4-12,15-16,18,26H,3,13-14,17H2,1-2H3,(H,33,36)/t18-,26+/m1/s1. The topological polar surface area (TPSA) is 49.4 Å². The van der Waals surface area contributed by atoms with Gasteiger partial charge in [-0.25, -0.2) is 0 Å². The molecule has 0 aliphatic rings. The number of benzene rings is 3. The van der Waals surface area contributed by atoms with Crippen LogP contribution in [0.2, 0.25) is 20.1 Å². The molecule has 0 radical (unpaired) electrons. The van der Waals surface area contributed by atoms with E-state index in [1.807, 2.05) is 44.2 Å². The van der Waals surface area contributed by atoms with Crippen molar-refractivity contribution in [2.45, 2.75) is 51.7 Å². The lowest BCUT2D eigenvalue weighted by Gasteiger charge is -2.32. The van der Waals surface area contributed by atoms with Crippen molar-refractivity contribution in [1.29, 1.82) is 0 Å². The average molecular weight is 566 g/mol. The van der Waals surface area contributed by atoms with Gasteiger partial charge < -0.3 is 10.2 Å². The summed E-state index contributed by atoms with van der Waals surface area (Å²) >= 11 is 25.0. The molecule has 0 spiro atoms. The third-order valence-corrected chi connectivity index (χ3v) is 7.16. The lowest BCUT2D eigenvalue weighted by molar-refractivity contribution is -0.141. The van der Waals surface area contributed by atoms with Gasteiger partial charge in [0.15, 0.2) is 0 Å². The quantitative estimate of drug-likeness (QED) is 0.278. The summed E-state index contributed by atoms with van der Waals surface area (Å²) in [6, 6.07) is 18.9. The van der Waals surface area contributed by atoms with Gasteiger partial charge >= 0.3 is 0 Å². The highest BCUT2D eigenvalue weighted by Crippen LogP contribution is 2.26. The first-order valence-electron chi connectivity index (χ1n) is 11.7. The van der Waals surface area contributed by atoms with E-state index in [0.29, 0.717) is 37.6 Å². The van der Waals surface area contributed by atoms with Gasteiger partial charge in [0.05, 0.1) is 6.42 Å². The average Bonchev–Trinajstić information content (AvgIpc) is 2.84. The largest absolute Gasteiger partial charge is 0.352 e. The lowest BCUT2D eigenvalue weighted by Crippen LogP contribution is -2.52. The zero-order chi connectivity index (χ0) is 26.2. The number of hydrogen-bond donors (Lipinski definition) is 1. The molecule has 0 bridgehead atoms. The fourth-order valence-electron chi connectivity index (χ4n) is 3.76. The van der Waals surface area contributed by atoms with Crippen LogP contribution in [-0.2, 0) is 29.0 Å². The Labute approximate surface area is 232 Å². The minimum atomic E-state index is -0.772. The van der Waals surface area contributed by atoms with E-state index in [9.17, 15) is 9.59 Å². The maximum absolute atomic E-state index is 13.8. The molecule has 0 fully saturated rings. The van der Waals surface area contributed by atoms with Crippen LogP contribution in [0.25, 0.3) is 0 Å². The minimum absolute atomic E-state index is 0.00309. The molecule has 36 heavy (non-hydrogen) atoms. The van der Waals surface area contributed by atoms with Crippen LogP contribution in [0.15, 0.2) is 66.7 Å². The Hall–Kier alpha value is -2.24. The molecule has 0 saturated heterocycles. The van der Waals surface area contributed by atoms with Crippen molar-refractivity contribution in [2.75, 3.05) is 0 Å². The molecule has 0 heterocycles. The molecule has 4 nitrogen and oxygen atoms in total. The van der Waals surface area contributed by atoms with Crippen LogP contribution < -0.4 is 5.32 Å². The first-order valence-corrected chi connectivity index (χ1v) is 13.2. The second kappa shape index (κ2) is 13.3. The summed E-state index contributed by atoms with van der Waals surface area (Å²) in [5.41, 5.74) is 2.25. The molecule has 3 rings (SSSR count). The molecule has 0 aromatic heterocycles. The third kappa shape index (κ3) is 7.88. The van der Waals surface area contributed by atoms with Crippen LogP contribution in [-0.4, -0.2) is 28.8 Å². The number of amides is 2. The van der Waals surface area contributed by atoms with E-state index in [4.69, 9.17) is 46.4 Å². The van der Waals surface area contributed by atoms with Gasteiger partial charge in [0.1, 0.15) is 6.04 Å². The van der Waals surface area contributed by atoms with Crippen LogP contribution >= 0.6 is 46.4 Å². The Kier molecular flexibility index (Phi) is 10.5. The second-order valence-corrected chi connectivity index (χ2v) is 10.4. The predicted molar refractivity (Wildman–Crippen MR) is 149 cm³/mol. The Morgan fingerprint density at radius 1 is 0.861 bits per heavy atom. The molecule has 1 N–H and O–H groups in total.